The number of aliphatic hydroxyl groups excluding tert-OH is 1. The lowest BCUT2D eigenvalue weighted by molar-refractivity contribution is -0.104. The summed E-state index contributed by atoms with van der Waals surface area (Å²) in [5.74, 6) is 3.05. The molecule has 21 heavy (non-hydrogen) atoms. The van der Waals surface area contributed by atoms with Gasteiger partial charge in [0.2, 0.25) is 0 Å². The summed E-state index contributed by atoms with van der Waals surface area (Å²) >= 11 is 0. The summed E-state index contributed by atoms with van der Waals surface area (Å²) in [6.45, 7) is 4.43. The van der Waals surface area contributed by atoms with E-state index in [1.807, 2.05) is 0 Å². The third-order valence-corrected chi connectivity index (χ3v) is 7.98. The van der Waals surface area contributed by atoms with Crippen molar-refractivity contribution >= 4 is 0 Å². The summed E-state index contributed by atoms with van der Waals surface area (Å²) < 4.78 is 0. The molecule has 0 bridgehead atoms. The van der Waals surface area contributed by atoms with Gasteiger partial charge in [0.05, 0.1) is 11.7 Å². The van der Waals surface area contributed by atoms with Crippen molar-refractivity contribution < 1.29 is 10.2 Å². The van der Waals surface area contributed by atoms with E-state index in [9.17, 15) is 10.2 Å². The number of aliphatic hydroxyl groups is 2. The Balaban J connectivity index is 1.63. The smallest absolute Gasteiger partial charge is 0.0675 e. The molecule has 4 aliphatic carbocycles. The fraction of sp³-hybridized carbons (Fsp3) is 0.895. The monoisotopic (exact) mass is 290 g/mol. The van der Waals surface area contributed by atoms with Gasteiger partial charge in [0.1, 0.15) is 0 Å². The first-order valence-corrected chi connectivity index (χ1v) is 9.02. The van der Waals surface area contributed by atoms with Gasteiger partial charge in [-0.2, -0.15) is 0 Å². The van der Waals surface area contributed by atoms with Gasteiger partial charge < -0.3 is 10.2 Å². The molecule has 2 heteroatoms. The first kappa shape index (κ1) is 14.3. The zero-order valence-corrected chi connectivity index (χ0v) is 13.5. The molecule has 2 unspecified atom stereocenters. The maximum atomic E-state index is 10.9. The molecule has 0 aromatic carbocycles. The molecule has 118 valence electrons. The Bertz CT molecular complexity index is 466. The summed E-state index contributed by atoms with van der Waals surface area (Å²) in [5, 5.41) is 20.8. The highest BCUT2D eigenvalue weighted by atomic mass is 16.3. The van der Waals surface area contributed by atoms with E-state index in [4.69, 9.17) is 0 Å². The Morgan fingerprint density at radius 2 is 1.86 bits per heavy atom. The molecule has 3 saturated carbocycles. The SMILES string of the molecule is C[C@]1(O)CCC2[C@@H]3CC=C4C[C@@H](O)CC[C@H]4C3CC[C@@]21C. The average molecular weight is 290 g/mol. The fourth-order valence-corrected chi connectivity index (χ4v) is 6.49. The normalized spacial score (nSPS) is 56.2. The second-order valence-corrected chi connectivity index (χ2v) is 8.76. The van der Waals surface area contributed by atoms with Gasteiger partial charge in [0.25, 0.3) is 0 Å². The molecule has 4 aliphatic rings. The van der Waals surface area contributed by atoms with Crippen molar-refractivity contribution in [3.05, 3.63) is 11.6 Å². The van der Waals surface area contributed by atoms with Crippen LogP contribution in [0.2, 0.25) is 0 Å². The van der Waals surface area contributed by atoms with Crippen LogP contribution in [0.5, 0.6) is 0 Å². The van der Waals surface area contributed by atoms with E-state index in [0.29, 0.717) is 5.92 Å². The van der Waals surface area contributed by atoms with Crippen LogP contribution in [0.25, 0.3) is 0 Å². The molecule has 0 amide bonds. The standard InChI is InChI=1S/C19H30O2/c1-18-9-7-15-14-6-4-13(20)11-12(14)3-5-16(15)17(18)8-10-19(18,2)21/h3,13-17,20-21H,4-11H2,1-2H3/t13-,14+,15?,16+,17?,18-,19-/m0/s1. The molecule has 2 nitrogen and oxygen atoms in total. The van der Waals surface area contributed by atoms with Crippen LogP contribution in [0.15, 0.2) is 11.6 Å². The lowest BCUT2D eigenvalue weighted by Crippen LogP contribution is -2.51. The van der Waals surface area contributed by atoms with Gasteiger partial charge >= 0.3 is 0 Å². The van der Waals surface area contributed by atoms with Crippen LogP contribution in [-0.4, -0.2) is 21.9 Å². The Hall–Kier alpha value is -0.340. The number of fused-ring (bicyclic) bond motifs is 5. The maximum absolute atomic E-state index is 10.9. The molecular formula is C19H30O2. The van der Waals surface area contributed by atoms with Crippen LogP contribution in [0.4, 0.5) is 0 Å². The molecule has 3 fully saturated rings. The van der Waals surface area contributed by atoms with Crippen LogP contribution in [-0.2, 0) is 0 Å². The number of rotatable bonds is 0. The van der Waals surface area contributed by atoms with Gasteiger partial charge in [0, 0.05) is 0 Å². The van der Waals surface area contributed by atoms with Crippen LogP contribution >= 0.6 is 0 Å². The third-order valence-electron chi connectivity index (χ3n) is 7.98. The zero-order chi connectivity index (χ0) is 14.8. The predicted octanol–water partition coefficient (Wildman–Crippen LogP) is 3.67. The lowest BCUT2D eigenvalue weighted by Gasteiger charge is -2.54. The van der Waals surface area contributed by atoms with E-state index < -0.39 is 5.60 Å². The fourth-order valence-electron chi connectivity index (χ4n) is 6.49. The molecule has 7 atom stereocenters. The molecule has 2 N–H and O–H groups in total. The highest BCUT2D eigenvalue weighted by Gasteiger charge is 2.60. The molecule has 0 radical (unpaired) electrons. The van der Waals surface area contributed by atoms with Gasteiger partial charge in [-0.3, -0.25) is 0 Å². The zero-order valence-electron chi connectivity index (χ0n) is 13.5. The summed E-state index contributed by atoms with van der Waals surface area (Å²) in [5.41, 5.74) is 1.23. The van der Waals surface area contributed by atoms with Crippen molar-refractivity contribution in [1.82, 2.24) is 0 Å². The second kappa shape index (κ2) is 4.58. The van der Waals surface area contributed by atoms with Gasteiger partial charge in [-0.15, -0.1) is 0 Å². The molecule has 0 heterocycles. The Kier molecular flexibility index (Phi) is 3.11. The van der Waals surface area contributed by atoms with E-state index in [-0.39, 0.29) is 11.5 Å². The minimum absolute atomic E-state index is 0.0925. The van der Waals surface area contributed by atoms with Crippen LogP contribution in [0.3, 0.4) is 0 Å². The topological polar surface area (TPSA) is 40.5 Å². The summed E-state index contributed by atoms with van der Waals surface area (Å²) in [6.07, 6.45) is 11.3. The molecule has 0 aliphatic heterocycles. The molecule has 0 spiro atoms. The van der Waals surface area contributed by atoms with Gasteiger partial charge in [-0.1, -0.05) is 18.6 Å². The number of hydrogen-bond donors (Lipinski definition) is 2. The predicted molar refractivity (Wildman–Crippen MR) is 83.7 cm³/mol. The second-order valence-electron chi connectivity index (χ2n) is 8.76. The lowest BCUT2D eigenvalue weighted by atomic mass is 9.51. The molecular weight excluding hydrogens is 260 g/mol. The minimum atomic E-state index is -0.463. The van der Waals surface area contributed by atoms with E-state index in [0.717, 1.165) is 37.0 Å². The first-order chi connectivity index (χ1) is 9.92. The summed E-state index contributed by atoms with van der Waals surface area (Å²) in [4.78, 5) is 0. The Morgan fingerprint density at radius 1 is 1.05 bits per heavy atom. The quantitative estimate of drug-likeness (QED) is 0.668. The highest BCUT2D eigenvalue weighted by molar-refractivity contribution is 5.21. The van der Waals surface area contributed by atoms with E-state index in [2.05, 4.69) is 19.9 Å². The molecule has 0 aromatic heterocycles. The van der Waals surface area contributed by atoms with Crippen LogP contribution in [0.1, 0.15) is 65.2 Å². The third kappa shape index (κ3) is 1.91. The minimum Gasteiger partial charge on any atom is -0.393 e. The van der Waals surface area contributed by atoms with Crippen molar-refractivity contribution in [2.45, 2.75) is 76.9 Å². The van der Waals surface area contributed by atoms with Crippen molar-refractivity contribution in [3.8, 4) is 0 Å². The van der Waals surface area contributed by atoms with Gasteiger partial charge in [-0.25, -0.2) is 0 Å². The maximum Gasteiger partial charge on any atom is 0.0675 e. The highest BCUT2D eigenvalue weighted by Crippen LogP contribution is 2.64. The Morgan fingerprint density at radius 3 is 2.67 bits per heavy atom. The van der Waals surface area contributed by atoms with Crippen molar-refractivity contribution in [1.29, 1.82) is 0 Å². The number of allylic oxidation sites excluding steroid dienone is 1. The number of hydrogen-bond acceptors (Lipinski definition) is 2. The van der Waals surface area contributed by atoms with Crippen LogP contribution < -0.4 is 0 Å². The average Bonchev–Trinajstić information content (AvgIpc) is 2.69. The van der Waals surface area contributed by atoms with Crippen molar-refractivity contribution in [3.63, 3.8) is 0 Å². The van der Waals surface area contributed by atoms with Gasteiger partial charge in [-0.05, 0) is 87.4 Å². The summed E-state index contributed by atoms with van der Waals surface area (Å²) in [7, 11) is 0. The molecule has 0 aromatic rings. The molecule has 0 saturated heterocycles. The molecule has 4 rings (SSSR count). The van der Waals surface area contributed by atoms with E-state index in [1.165, 1.54) is 32.1 Å². The van der Waals surface area contributed by atoms with Crippen molar-refractivity contribution in [2.75, 3.05) is 0 Å². The van der Waals surface area contributed by atoms with Crippen molar-refractivity contribution in [2.24, 2.45) is 29.1 Å². The van der Waals surface area contributed by atoms with E-state index >= 15 is 0 Å². The Labute approximate surface area is 128 Å². The largest absolute Gasteiger partial charge is 0.393 e. The summed E-state index contributed by atoms with van der Waals surface area (Å²) in [6, 6.07) is 0. The van der Waals surface area contributed by atoms with Gasteiger partial charge in [0.15, 0.2) is 0 Å². The van der Waals surface area contributed by atoms with Crippen LogP contribution in [0, 0.1) is 29.1 Å². The van der Waals surface area contributed by atoms with E-state index in [1.54, 1.807) is 5.57 Å². The first-order valence-electron chi connectivity index (χ1n) is 9.02.